The number of benzene rings is 1. The highest BCUT2D eigenvalue weighted by molar-refractivity contribution is 5.30. The minimum absolute atomic E-state index is 0.248. The van der Waals surface area contributed by atoms with E-state index in [0.717, 1.165) is 25.3 Å². The smallest absolute Gasteiger partial charge is 0.119 e. The summed E-state index contributed by atoms with van der Waals surface area (Å²) >= 11 is 0. The van der Waals surface area contributed by atoms with Crippen LogP contribution in [0.3, 0.4) is 0 Å². The summed E-state index contributed by atoms with van der Waals surface area (Å²) in [4.78, 5) is 2.18. The van der Waals surface area contributed by atoms with Crippen LogP contribution in [0.25, 0.3) is 0 Å². The Balaban J connectivity index is 2.61. The SMILES string of the molecule is COc1cccc(C(CNCCC(C)O)N(C)C)c1. The van der Waals surface area contributed by atoms with E-state index in [1.165, 1.54) is 5.56 Å². The summed E-state index contributed by atoms with van der Waals surface area (Å²) in [6, 6.07) is 8.45. The summed E-state index contributed by atoms with van der Waals surface area (Å²) in [5.74, 6) is 0.883. The highest BCUT2D eigenvalue weighted by atomic mass is 16.5. The van der Waals surface area contributed by atoms with Crippen molar-refractivity contribution in [2.45, 2.75) is 25.5 Å². The van der Waals surface area contributed by atoms with Crippen LogP contribution < -0.4 is 10.1 Å². The Morgan fingerprint density at radius 1 is 1.37 bits per heavy atom. The van der Waals surface area contributed by atoms with Crippen LogP contribution in [-0.2, 0) is 0 Å². The van der Waals surface area contributed by atoms with Gasteiger partial charge in [-0.25, -0.2) is 0 Å². The van der Waals surface area contributed by atoms with Crippen molar-refractivity contribution in [2.75, 3.05) is 34.3 Å². The van der Waals surface area contributed by atoms with Crippen molar-refractivity contribution in [3.8, 4) is 5.75 Å². The number of likely N-dealkylation sites (N-methyl/N-ethyl adjacent to an activating group) is 1. The molecule has 19 heavy (non-hydrogen) atoms. The molecule has 0 saturated carbocycles. The Labute approximate surface area is 116 Å². The zero-order chi connectivity index (χ0) is 14.3. The molecule has 1 aromatic carbocycles. The lowest BCUT2D eigenvalue weighted by molar-refractivity contribution is 0.182. The van der Waals surface area contributed by atoms with Crippen LogP contribution in [-0.4, -0.2) is 50.4 Å². The third kappa shape index (κ3) is 5.59. The van der Waals surface area contributed by atoms with Crippen molar-refractivity contribution in [1.82, 2.24) is 10.2 Å². The number of aliphatic hydroxyl groups excluding tert-OH is 1. The second-order valence-electron chi connectivity index (χ2n) is 5.10. The number of nitrogens with one attached hydrogen (secondary N) is 1. The average molecular weight is 266 g/mol. The minimum atomic E-state index is -0.248. The van der Waals surface area contributed by atoms with Crippen molar-refractivity contribution < 1.29 is 9.84 Å². The lowest BCUT2D eigenvalue weighted by Crippen LogP contribution is -2.32. The number of rotatable bonds is 8. The monoisotopic (exact) mass is 266 g/mol. The number of nitrogens with zero attached hydrogens (tertiary/aromatic N) is 1. The van der Waals surface area contributed by atoms with Gasteiger partial charge in [0.25, 0.3) is 0 Å². The van der Waals surface area contributed by atoms with Crippen molar-refractivity contribution in [1.29, 1.82) is 0 Å². The molecule has 0 heterocycles. The van der Waals surface area contributed by atoms with E-state index in [2.05, 4.69) is 36.4 Å². The van der Waals surface area contributed by atoms with Gasteiger partial charge in [0.05, 0.1) is 13.2 Å². The van der Waals surface area contributed by atoms with E-state index in [4.69, 9.17) is 4.74 Å². The first-order chi connectivity index (χ1) is 9.04. The molecule has 0 radical (unpaired) electrons. The van der Waals surface area contributed by atoms with E-state index in [1.54, 1.807) is 7.11 Å². The molecule has 4 nitrogen and oxygen atoms in total. The van der Waals surface area contributed by atoms with Gasteiger partial charge in [0.15, 0.2) is 0 Å². The Morgan fingerprint density at radius 3 is 2.68 bits per heavy atom. The van der Waals surface area contributed by atoms with Crippen molar-refractivity contribution in [3.63, 3.8) is 0 Å². The Morgan fingerprint density at radius 2 is 2.11 bits per heavy atom. The van der Waals surface area contributed by atoms with Crippen LogP contribution in [0.5, 0.6) is 5.75 Å². The van der Waals surface area contributed by atoms with E-state index in [1.807, 2.05) is 19.1 Å². The van der Waals surface area contributed by atoms with Gasteiger partial charge in [-0.1, -0.05) is 12.1 Å². The van der Waals surface area contributed by atoms with Crippen LogP contribution in [0.4, 0.5) is 0 Å². The zero-order valence-electron chi connectivity index (χ0n) is 12.4. The van der Waals surface area contributed by atoms with Crippen LogP contribution >= 0.6 is 0 Å². The van der Waals surface area contributed by atoms with Gasteiger partial charge in [0, 0.05) is 12.6 Å². The molecule has 0 aliphatic heterocycles. The topological polar surface area (TPSA) is 44.7 Å². The largest absolute Gasteiger partial charge is 0.497 e. The Bertz CT molecular complexity index is 367. The van der Waals surface area contributed by atoms with Gasteiger partial charge >= 0.3 is 0 Å². The molecule has 108 valence electrons. The first kappa shape index (κ1) is 16.0. The van der Waals surface area contributed by atoms with Gasteiger partial charge in [0.1, 0.15) is 5.75 Å². The standard InChI is InChI=1S/C15H26N2O2/c1-12(18)8-9-16-11-15(17(2)3)13-6-5-7-14(10-13)19-4/h5-7,10,12,15-16,18H,8-9,11H2,1-4H3. The van der Waals surface area contributed by atoms with Crippen molar-refractivity contribution in [3.05, 3.63) is 29.8 Å². The third-order valence-corrected chi connectivity index (χ3v) is 3.18. The Hall–Kier alpha value is -1.10. The second kappa shape index (κ2) is 8.15. The first-order valence-corrected chi connectivity index (χ1v) is 6.73. The predicted octanol–water partition coefficient (Wildman–Crippen LogP) is 1.66. The molecular weight excluding hydrogens is 240 g/mol. The summed E-state index contributed by atoms with van der Waals surface area (Å²) in [5, 5.41) is 12.6. The maximum Gasteiger partial charge on any atom is 0.119 e. The fourth-order valence-corrected chi connectivity index (χ4v) is 2.00. The van der Waals surface area contributed by atoms with Crippen LogP contribution in [0.2, 0.25) is 0 Å². The summed E-state index contributed by atoms with van der Waals surface area (Å²) in [6.45, 7) is 3.49. The summed E-state index contributed by atoms with van der Waals surface area (Å²) in [7, 11) is 5.83. The van der Waals surface area contributed by atoms with Gasteiger partial charge in [-0.15, -0.1) is 0 Å². The molecule has 0 amide bonds. The molecule has 0 saturated heterocycles. The molecular formula is C15H26N2O2. The zero-order valence-corrected chi connectivity index (χ0v) is 12.4. The molecule has 0 aliphatic rings. The lowest BCUT2D eigenvalue weighted by Gasteiger charge is -2.25. The molecule has 4 heteroatoms. The normalized spacial score (nSPS) is 14.4. The maximum absolute atomic E-state index is 9.25. The van der Waals surface area contributed by atoms with Crippen molar-refractivity contribution in [2.24, 2.45) is 0 Å². The number of aliphatic hydroxyl groups is 1. The number of hydrogen-bond donors (Lipinski definition) is 2. The first-order valence-electron chi connectivity index (χ1n) is 6.73. The van der Waals surface area contributed by atoms with E-state index in [-0.39, 0.29) is 6.10 Å². The summed E-state index contributed by atoms with van der Waals surface area (Å²) in [6.07, 6.45) is 0.528. The quantitative estimate of drug-likeness (QED) is 0.702. The molecule has 0 fully saturated rings. The summed E-state index contributed by atoms with van der Waals surface area (Å²) in [5.41, 5.74) is 1.23. The van der Waals surface area contributed by atoms with Gasteiger partial charge in [0.2, 0.25) is 0 Å². The molecule has 0 aliphatic carbocycles. The fourth-order valence-electron chi connectivity index (χ4n) is 2.00. The number of ether oxygens (including phenoxy) is 1. The molecule has 1 rings (SSSR count). The molecule has 0 aromatic heterocycles. The van der Waals surface area contributed by atoms with Gasteiger partial charge < -0.3 is 20.1 Å². The highest BCUT2D eigenvalue weighted by Gasteiger charge is 2.14. The van der Waals surface area contributed by atoms with Gasteiger partial charge in [-0.3, -0.25) is 0 Å². The summed E-state index contributed by atoms with van der Waals surface area (Å²) < 4.78 is 5.27. The number of hydrogen-bond acceptors (Lipinski definition) is 4. The molecule has 0 spiro atoms. The lowest BCUT2D eigenvalue weighted by atomic mass is 10.1. The Kier molecular flexibility index (Phi) is 6.84. The predicted molar refractivity (Wildman–Crippen MR) is 78.6 cm³/mol. The van der Waals surface area contributed by atoms with E-state index < -0.39 is 0 Å². The molecule has 1 aromatic rings. The maximum atomic E-state index is 9.25. The molecule has 2 unspecified atom stereocenters. The van der Waals surface area contributed by atoms with Gasteiger partial charge in [-0.2, -0.15) is 0 Å². The van der Waals surface area contributed by atoms with E-state index in [0.29, 0.717) is 6.04 Å². The number of methoxy groups -OCH3 is 1. The van der Waals surface area contributed by atoms with E-state index in [9.17, 15) is 5.11 Å². The van der Waals surface area contributed by atoms with E-state index >= 15 is 0 Å². The third-order valence-electron chi connectivity index (χ3n) is 3.18. The fraction of sp³-hybridized carbons (Fsp3) is 0.600. The highest BCUT2D eigenvalue weighted by Crippen LogP contribution is 2.21. The van der Waals surface area contributed by atoms with Crippen LogP contribution in [0.1, 0.15) is 24.9 Å². The molecule has 2 N–H and O–H groups in total. The molecule has 2 atom stereocenters. The second-order valence-corrected chi connectivity index (χ2v) is 5.10. The van der Waals surface area contributed by atoms with Crippen LogP contribution in [0, 0.1) is 0 Å². The van der Waals surface area contributed by atoms with Crippen molar-refractivity contribution >= 4 is 0 Å². The van der Waals surface area contributed by atoms with Gasteiger partial charge in [-0.05, 0) is 51.7 Å². The molecule has 0 bridgehead atoms. The van der Waals surface area contributed by atoms with Crippen LogP contribution in [0.15, 0.2) is 24.3 Å². The average Bonchev–Trinajstić information content (AvgIpc) is 2.38. The minimum Gasteiger partial charge on any atom is -0.497 e.